The average Bonchev–Trinajstić information content (AvgIpc) is 1.09. The summed E-state index contributed by atoms with van der Waals surface area (Å²) in [5.41, 5.74) is 7.36. The van der Waals surface area contributed by atoms with Gasteiger partial charge in [-0.3, -0.25) is 0 Å². The highest BCUT2D eigenvalue weighted by atomic mass is 32.2. The first-order valence-electron chi connectivity index (χ1n) is 31.5. The lowest BCUT2D eigenvalue weighted by molar-refractivity contribution is -0.385. The van der Waals surface area contributed by atoms with E-state index in [0.717, 1.165) is 50.3 Å². The normalized spacial score (nSPS) is 26.9. The van der Waals surface area contributed by atoms with Crippen LogP contribution in [-0.2, 0) is 114 Å². The monoisotopic (exact) mass is 1240 g/mol. The first kappa shape index (κ1) is 65.1. The SMILES string of the molecule is CCS[C@@H]1O[C@@H](C)[C@H](OCc2ccccc2)[C@@H](OCc2ccccc2)[C@H]1O[C@@H]1O[C@@H](C)[C@H](OCc2ccccc2)[C@@H](O[C@H]2O[C@H](COCc3ccccc3)[C@@H](OCc3ccccc3)[C@H](OCc3ccccc3)[C@H]2OCc2ccccc2)[C@H]1OCc1ccccc1. The Morgan fingerprint density at radius 3 is 0.944 bits per heavy atom. The van der Waals surface area contributed by atoms with Crippen molar-refractivity contribution in [2.45, 2.75) is 165 Å². The Balaban J connectivity index is 1.01. The highest BCUT2D eigenvalue weighted by molar-refractivity contribution is 7.99. The summed E-state index contributed by atoms with van der Waals surface area (Å²) >= 11 is 1.65. The number of thioether (sulfide) groups is 1. The van der Waals surface area contributed by atoms with Crippen molar-refractivity contribution in [2.24, 2.45) is 0 Å². The predicted molar refractivity (Wildman–Crippen MR) is 346 cm³/mol. The van der Waals surface area contributed by atoms with Gasteiger partial charge in [0.15, 0.2) is 12.6 Å². The number of hydrogen-bond donors (Lipinski definition) is 0. The largest absolute Gasteiger partial charge is 0.374 e. The lowest BCUT2D eigenvalue weighted by Gasteiger charge is -2.51. The van der Waals surface area contributed by atoms with Crippen molar-refractivity contribution in [1.82, 2.24) is 0 Å². The zero-order chi connectivity index (χ0) is 61.5. The van der Waals surface area contributed by atoms with Gasteiger partial charge in [0.05, 0.1) is 71.7 Å². The number of rotatable bonds is 31. The van der Waals surface area contributed by atoms with Crippen molar-refractivity contribution in [3.05, 3.63) is 287 Å². The first-order valence-corrected chi connectivity index (χ1v) is 32.6. The van der Waals surface area contributed by atoms with Gasteiger partial charge in [-0.25, -0.2) is 0 Å². The summed E-state index contributed by atoms with van der Waals surface area (Å²) in [4.78, 5) is 0. The Kier molecular flexibility index (Phi) is 24.8. The molecule has 0 amide bonds. The number of benzene rings is 8. The lowest BCUT2D eigenvalue weighted by Crippen LogP contribution is -2.67. The highest BCUT2D eigenvalue weighted by Crippen LogP contribution is 2.41. The van der Waals surface area contributed by atoms with Crippen LogP contribution in [0.4, 0.5) is 0 Å². The standard InChI is InChI=1S/C76H84O13S/c1-4-90-76-73(68(81-49-60-37-21-9-22-38-60)65(55(3)86-76)78-46-57-31-15-6-16-32-57)89-74-72(84-52-63-43-27-12-28-44-63)70(66(54(2)85-74)79-47-58-33-17-7-18-34-58)88-75-71(83-51-62-41-25-11-26-42-62)69(82-50-61-39-23-10-24-40-61)67(80-48-59-35-19-8-20-36-59)64(87-75)53-77-45-56-29-13-5-14-30-56/h5-44,54-55,64-76H,4,45-53H2,1-3H3/t54-,55-,64+,65-,66-,67+,68+,69-,70+,71+,72+,73+,74-,75+,76-/m0/s1. The summed E-state index contributed by atoms with van der Waals surface area (Å²) in [6.07, 6.45) is -11.2. The molecule has 3 aliphatic heterocycles. The Morgan fingerprint density at radius 1 is 0.289 bits per heavy atom. The third-order valence-corrected chi connectivity index (χ3v) is 17.4. The molecule has 11 rings (SSSR count). The third kappa shape index (κ3) is 18.4. The van der Waals surface area contributed by atoms with Gasteiger partial charge in [-0.1, -0.05) is 250 Å². The molecule has 8 aromatic rings. The number of hydrogen-bond acceptors (Lipinski definition) is 14. The van der Waals surface area contributed by atoms with Gasteiger partial charge in [-0.05, 0) is 64.1 Å². The van der Waals surface area contributed by atoms with Crippen LogP contribution in [0, 0.1) is 0 Å². The Bertz CT molecular complexity index is 3240. The van der Waals surface area contributed by atoms with Gasteiger partial charge in [-0.15, -0.1) is 11.8 Å². The summed E-state index contributed by atoms with van der Waals surface area (Å²) in [7, 11) is 0. The highest BCUT2D eigenvalue weighted by Gasteiger charge is 2.56. The maximum Gasteiger partial charge on any atom is 0.187 e. The average molecular weight is 1240 g/mol. The molecular weight excluding hydrogens is 1150 g/mol. The fourth-order valence-electron chi connectivity index (χ4n) is 11.7. The van der Waals surface area contributed by atoms with Gasteiger partial charge in [0.1, 0.15) is 66.5 Å². The molecule has 15 atom stereocenters. The Hall–Kier alpha value is -6.41. The molecule has 0 saturated carbocycles. The van der Waals surface area contributed by atoms with E-state index in [1.165, 1.54) is 0 Å². The molecule has 0 unspecified atom stereocenters. The molecule has 3 saturated heterocycles. The quantitative estimate of drug-likeness (QED) is 0.0410. The molecule has 0 N–H and O–H groups in total. The molecule has 472 valence electrons. The van der Waals surface area contributed by atoms with Crippen molar-refractivity contribution in [3.63, 3.8) is 0 Å². The molecule has 0 aliphatic carbocycles. The van der Waals surface area contributed by atoms with Crippen LogP contribution in [0.5, 0.6) is 0 Å². The molecule has 3 aliphatic rings. The van der Waals surface area contributed by atoms with Gasteiger partial charge >= 0.3 is 0 Å². The summed E-state index contributed by atoms with van der Waals surface area (Å²) in [5.74, 6) is 0.734. The van der Waals surface area contributed by atoms with E-state index < -0.39 is 85.2 Å². The van der Waals surface area contributed by atoms with Crippen LogP contribution < -0.4 is 0 Å². The second-order valence-electron chi connectivity index (χ2n) is 22.9. The fraction of sp³-hybridized carbons (Fsp3) is 0.368. The molecular formula is C76H84O13S. The summed E-state index contributed by atoms with van der Waals surface area (Å²) in [5, 5.41) is 0. The Morgan fingerprint density at radius 2 is 0.567 bits per heavy atom. The summed E-state index contributed by atoms with van der Waals surface area (Å²) < 4.78 is 93.8. The van der Waals surface area contributed by atoms with Crippen LogP contribution in [0.2, 0.25) is 0 Å². The van der Waals surface area contributed by atoms with E-state index in [1.54, 1.807) is 11.8 Å². The van der Waals surface area contributed by atoms with Gasteiger partial charge in [-0.2, -0.15) is 0 Å². The van der Waals surface area contributed by atoms with Crippen molar-refractivity contribution in [2.75, 3.05) is 12.4 Å². The minimum absolute atomic E-state index is 0.122. The minimum atomic E-state index is -1.15. The van der Waals surface area contributed by atoms with Gasteiger partial charge < -0.3 is 61.6 Å². The third-order valence-electron chi connectivity index (χ3n) is 16.3. The van der Waals surface area contributed by atoms with E-state index in [-0.39, 0.29) is 45.7 Å². The molecule has 0 spiro atoms. The fourth-order valence-corrected chi connectivity index (χ4v) is 12.7. The zero-order valence-electron chi connectivity index (χ0n) is 51.5. The van der Waals surface area contributed by atoms with E-state index in [9.17, 15) is 0 Å². The summed E-state index contributed by atoms with van der Waals surface area (Å²) in [6, 6.07) is 80.9. The van der Waals surface area contributed by atoms with E-state index in [1.807, 2.05) is 208 Å². The molecule has 0 bridgehead atoms. The molecule has 0 radical (unpaired) electrons. The van der Waals surface area contributed by atoms with Gasteiger partial charge in [0, 0.05) is 0 Å². The topological polar surface area (TPSA) is 120 Å². The van der Waals surface area contributed by atoms with E-state index in [4.69, 9.17) is 61.6 Å². The maximum atomic E-state index is 7.81. The van der Waals surface area contributed by atoms with Crippen LogP contribution in [0.25, 0.3) is 0 Å². The van der Waals surface area contributed by atoms with Crippen molar-refractivity contribution in [3.8, 4) is 0 Å². The van der Waals surface area contributed by atoms with E-state index in [0.29, 0.717) is 19.8 Å². The maximum absolute atomic E-state index is 7.81. The first-order chi connectivity index (χ1) is 44.4. The Labute approximate surface area is 535 Å². The molecule has 13 nitrogen and oxygen atoms in total. The van der Waals surface area contributed by atoms with E-state index >= 15 is 0 Å². The second-order valence-corrected chi connectivity index (χ2v) is 24.3. The lowest BCUT2D eigenvalue weighted by atomic mass is 9.95. The van der Waals surface area contributed by atoms with Gasteiger partial charge in [0.2, 0.25) is 0 Å². The van der Waals surface area contributed by atoms with Crippen LogP contribution in [0.1, 0.15) is 65.3 Å². The smallest absolute Gasteiger partial charge is 0.187 e. The van der Waals surface area contributed by atoms with Crippen LogP contribution in [0.15, 0.2) is 243 Å². The minimum Gasteiger partial charge on any atom is -0.374 e. The molecule has 3 fully saturated rings. The van der Waals surface area contributed by atoms with Crippen LogP contribution >= 0.6 is 11.8 Å². The number of ether oxygens (including phenoxy) is 13. The van der Waals surface area contributed by atoms with Crippen molar-refractivity contribution in [1.29, 1.82) is 0 Å². The zero-order valence-corrected chi connectivity index (χ0v) is 52.4. The van der Waals surface area contributed by atoms with Crippen molar-refractivity contribution < 1.29 is 61.6 Å². The molecule has 90 heavy (non-hydrogen) atoms. The van der Waals surface area contributed by atoms with Gasteiger partial charge in [0.25, 0.3) is 0 Å². The van der Waals surface area contributed by atoms with Crippen LogP contribution in [-0.4, -0.2) is 104 Å². The summed E-state index contributed by atoms with van der Waals surface area (Å²) in [6.45, 7) is 8.36. The molecule has 0 aromatic heterocycles. The van der Waals surface area contributed by atoms with Crippen LogP contribution in [0.3, 0.4) is 0 Å². The van der Waals surface area contributed by atoms with Crippen molar-refractivity contribution >= 4 is 11.8 Å². The molecule has 3 heterocycles. The molecule has 14 heteroatoms. The predicted octanol–water partition coefficient (Wildman–Crippen LogP) is 14.0. The van der Waals surface area contributed by atoms with E-state index in [2.05, 4.69) is 55.5 Å². The second kappa shape index (κ2) is 34.3. The molecule has 8 aromatic carbocycles.